The maximum atomic E-state index is 12.1. The normalized spacial score (nSPS) is 13.1. The molecule has 0 saturated heterocycles. The number of carboxylic acids is 1. The largest absolute Gasteiger partial charge is 0.480 e. The average molecular weight is 410 g/mol. The van der Waals surface area contributed by atoms with Gasteiger partial charge in [0, 0.05) is 18.9 Å². The van der Waals surface area contributed by atoms with E-state index in [0.29, 0.717) is 12.8 Å². The number of carboxylic acid groups (broad SMARTS) is 1. The molecule has 0 aromatic heterocycles. The summed E-state index contributed by atoms with van der Waals surface area (Å²) in [5.74, 6) is -1.51. The lowest BCUT2D eigenvalue weighted by Gasteiger charge is -2.15. The number of hydrogen-bond acceptors (Lipinski definition) is 4. The van der Waals surface area contributed by atoms with E-state index in [9.17, 15) is 14.4 Å². The van der Waals surface area contributed by atoms with E-state index < -0.39 is 24.0 Å². The van der Waals surface area contributed by atoms with E-state index in [0.717, 1.165) is 22.3 Å². The van der Waals surface area contributed by atoms with Crippen molar-refractivity contribution in [1.82, 2.24) is 10.6 Å². The van der Waals surface area contributed by atoms with E-state index in [-0.39, 0.29) is 25.5 Å². The number of hydrogen-bond donors (Lipinski definition) is 3. The molecule has 7 nitrogen and oxygen atoms in total. The van der Waals surface area contributed by atoms with Gasteiger partial charge in [-0.3, -0.25) is 4.79 Å². The van der Waals surface area contributed by atoms with Crippen LogP contribution < -0.4 is 10.6 Å². The van der Waals surface area contributed by atoms with Crippen LogP contribution in [-0.2, 0) is 14.3 Å². The Balaban J connectivity index is 1.48. The van der Waals surface area contributed by atoms with Gasteiger partial charge in [-0.1, -0.05) is 61.9 Å². The highest BCUT2D eigenvalue weighted by Crippen LogP contribution is 2.44. The Kier molecular flexibility index (Phi) is 7.06. The number of ether oxygens (including phenoxy) is 1. The fourth-order valence-electron chi connectivity index (χ4n) is 3.74. The van der Waals surface area contributed by atoms with Gasteiger partial charge in [-0.05, 0) is 28.7 Å². The number of amides is 2. The zero-order valence-corrected chi connectivity index (χ0v) is 16.9. The van der Waals surface area contributed by atoms with Crippen LogP contribution in [0.5, 0.6) is 0 Å². The zero-order chi connectivity index (χ0) is 21.5. The van der Waals surface area contributed by atoms with E-state index in [1.54, 1.807) is 0 Å². The van der Waals surface area contributed by atoms with Gasteiger partial charge in [0.15, 0.2) is 0 Å². The molecule has 0 radical (unpaired) electrons. The smallest absolute Gasteiger partial charge is 0.407 e. The molecule has 2 amide bonds. The van der Waals surface area contributed by atoms with E-state index in [4.69, 9.17) is 9.84 Å². The molecule has 0 aliphatic heterocycles. The van der Waals surface area contributed by atoms with E-state index in [1.807, 2.05) is 43.3 Å². The molecule has 7 heteroatoms. The second-order valence-electron chi connectivity index (χ2n) is 7.25. The van der Waals surface area contributed by atoms with Crippen molar-refractivity contribution in [3.8, 4) is 11.1 Å². The van der Waals surface area contributed by atoms with E-state index >= 15 is 0 Å². The molecule has 1 atom stereocenters. The predicted octanol–water partition coefficient (Wildman–Crippen LogP) is 3.28. The first kappa shape index (κ1) is 21.4. The molecule has 0 heterocycles. The Morgan fingerprint density at radius 3 is 2.20 bits per heavy atom. The Labute approximate surface area is 175 Å². The Morgan fingerprint density at radius 2 is 1.63 bits per heavy atom. The van der Waals surface area contributed by atoms with Crippen LogP contribution in [0.25, 0.3) is 11.1 Å². The van der Waals surface area contributed by atoms with Crippen molar-refractivity contribution in [2.75, 3.05) is 13.2 Å². The quantitative estimate of drug-likeness (QED) is 0.588. The number of carbonyl (C=O) groups is 3. The fraction of sp³-hybridized carbons (Fsp3) is 0.348. The van der Waals surface area contributed by atoms with Crippen molar-refractivity contribution in [2.24, 2.45) is 0 Å². The lowest BCUT2D eigenvalue weighted by molar-refractivity contribution is -0.142. The highest BCUT2D eigenvalue weighted by molar-refractivity contribution is 5.84. The maximum Gasteiger partial charge on any atom is 0.407 e. The molecule has 0 bridgehead atoms. The molecule has 0 unspecified atom stereocenters. The Morgan fingerprint density at radius 1 is 1.03 bits per heavy atom. The summed E-state index contributed by atoms with van der Waals surface area (Å²) < 4.78 is 5.40. The zero-order valence-electron chi connectivity index (χ0n) is 16.9. The molecule has 158 valence electrons. The molecule has 30 heavy (non-hydrogen) atoms. The van der Waals surface area contributed by atoms with Gasteiger partial charge in [0.25, 0.3) is 0 Å². The molecular formula is C23H26N2O5. The Hall–Kier alpha value is -3.35. The second-order valence-corrected chi connectivity index (χ2v) is 7.25. The van der Waals surface area contributed by atoms with Crippen molar-refractivity contribution < 1.29 is 24.2 Å². The van der Waals surface area contributed by atoms with Crippen LogP contribution in [0.3, 0.4) is 0 Å². The molecule has 0 saturated carbocycles. The van der Waals surface area contributed by atoms with Crippen molar-refractivity contribution in [3.63, 3.8) is 0 Å². The lowest BCUT2D eigenvalue weighted by Crippen LogP contribution is -2.41. The van der Waals surface area contributed by atoms with E-state index in [1.165, 1.54) is 0 Å². The first-order chi connectivity index (χ1) is 14.5. The van der Waals surface area contributed by atoms with Gasteiger partial charge in [0.05, 0.1) is 0 Å². The molecular weight excluding hydrogens is 384 g/mol. The van der Waals surface area contributed by atoms with Gasteiger partial charge < -0.3 is 20.5 Å². The summed E-state index contributed by atoms with van der Waals surface area (Å²) in [7, 11) is 0. The van der Waals surface area contributed by atoms with E-state index in [2.05, 4.69) is 22.8 Å². The molecule has 1 aliphatic rings. The minimum absolute atomic E-state index is 0.0162. The summed E-state index contributed by atoms with van der Waals surface area (Å²) in [6.45, 7) is 2.12. The van der Waals surface area contributed by atoms with Gasteiger partial charge in [-0.2, -0.15) is 0 Å². The molecule has 1 aliphatic carbocycles. The number of benzene rings is 2. The van der Waals surface area contributed by atoms with Gasteiger partial charge in [-0.25, -0.2) is 9.59 Å². The number of rotatable bonds is 9. The minimum Gasteiger partial charge on any atom is -0.480 e. The van der Waals surface area contributed by atoms with Gasteiger partial charge >= 0.3 is 12.1 Å². The molecule has 3 rings (SSSR count). The molecule has 2 aromatic carbocycles. The number of fused-ring (bicyclic) bond motifs is 3. The summed E-state index contributed by atoms with van der Waals surface area (Å²) >= 11 is 0. The third-order valence-electron chi connectivity index (χ3n) is 5.18. The highest BCUT2D eigenvalue weighted by Gasteiger charge is 2.29. The van der Waals surface area contributed by atoms with Crippen LogP contribution in [0.2, 0.25) is 0 Å². The number of carbonyl (C=O) groups excluding carboxylic acids is 2. The summed E-state index contributed by atoms with van der Waals surface area (Å²) in [6, 6.07) is 15.2. The molecule has 0 spiro atoms. The topological polar surface area (TPSA) is 105 Å². The molecule has 3 N–H and O–H groups in total. The third kappa shape index (κ3) is 4.97. The maximum absolute atomic E-state index is 12.1. The lowest BCUT2D eigenvalue weighted by atomic mass is 9.98. The monoisotopic (exact) mass is 410 g/mol. The van der Waals surface area contributed by atoms with Gasteiger partial charge in [-0.15, -0.1) is 0 Å². The summed E-state index contributed by atoms with van der Waals surface area (Å²) in [6.07, 6.45) is 0.390. The van der Waals surface area contributed by atoms with Crippen molar-refractivity contribution >= 4 is 18.0 Å². The van der Waals surface area contributed by atoms with Crippen LogP contribution in [0.15, 0.2) is 48.5 Å². The van der Waals surface area contributed by atoms with Crippen molar-refractivity contribution in [3.05, 3.63) is 59.7 Å². The number of nitrogens with one attached hydrogen (secondary N) is 2. The van der Waals surface area contributed by atoms with Crippen LogP contribution in [0, 0.1) is 0 Å². The number of aliphatic carboxylic acids is 1. The first-order valence-electron chi connectivity index (χ1n) is 10.1. The summed E-state index contributed by atoms with van der Waals surface area (Å²) in [5, 5.41) is 14.1. The van der Waals surface area contributed by atoms with Crippen molar-refractivity contribution in [1.29, 1.82) is 0 Å². The summed E-state index contributed by atoms with van der Waals surface area (Å²) in [4.78, 5) is 35.1. The van der Waals surface area contributed by atoms with Crippen LogP contribution in [-0.4, -0.2) is 42.3 Å². The highest BCUT2D eigenvalue weighted by atomic mass is 16.5. The first-order valence-corrected chi connectivity index (χ1v) is 10.1. The fourth-order valence-corrected chi connectivity index (χ4v) is 3.74. The Bertz CT molecular complexity index is 882. The van der Waals surface area contributed by atoms with Gasteiger partial charge in [0.2, 0.25) is 5.91 Å². The minimum atomic E-state index is -1.06. The van der Waals surface area contributed by atoms with Crippen molar-refractivity contribution in [2.45, 2.75) is 38.1 Å². The third-order valence-corrected chi connectivity index (χ3v) is 5.18. The average Bonchev–Trinajstić information content (AvgIpc) is 3.06. The van der Waals surface area contributed by atoms with Crippen LogP contribution in [0.4, 0.5) is 4.79 Å². The second kappa shape index (κ2) is 9.91. The predicted molar refractivity (Wildman–Crippen MR) is 112 cm³/mol. The molecule has 2 aromatic rings. The molecule has 0 fully saturated rings. The SMILES string of the molecule is CCC[C@@H](NC(=O)CCNC(=O)OCC1c2ccccc2-c2ccccc21)C(=O)O. The standard InChI is InChI=1S/C23H26N2O5/c1-2-7-20(22(27)28)25-21(26)12-13-24-23(29)30-14-19-17-10-5-3-8-15(17)16-9-4-6-11-18(16)19/h3-6,8-11,19-20H,2,7,12-14H2,1H3,(H,24,29)(H,25,26)(H,27,28)/t20-/m1/s1. The van der Waals surface area contributed by atoms with Gasteiger partial charge in [0.1, 0.15) is 12.6 Å². The number of alkyl carbamates (subject to hydrolysis) is 1. The van der Waals surface area contributed by atoms with Crippen LogP contribution in [0.1, 0.15) is 43.2 Å². The summed E-state index contributed by atoms with van der Waals surface area (Å²) in [5.41, 5.74) is 4.56. The van der Waals surface area contributed by atoms with Crippen LogP contribution >= 0.6 is 0 Å².